The van der Waals surface area contributed by atoms with Gasteiger partial charge in [0.05, 0.1) is 17.7 Å². The van der Waals surface area contributed by atoms with Gasteiger partial charge in [-0.05, 0) is 38.5 Å². The largest absolute Gasteiger partial charge is 1.00 e. The molecule has 0 saturated carbocycles. The molecular weight excluding hydrogens is 286 g/mol. The van der Waals surface area contributed by atoms with Crippen molar-refractivity contribution in [1.82, 2.24) is 0 Å². The monoisotopic (exact) mass is 299 g/mol. The molecule has 0 spiro atoms. The summed E-state index contributed by atoms with van der Waals surface area (Å²) in [5.41, 5.74) is 1.57. The van der Waals surface area contributed by atoms with Crippen LogP contribution in [0, 0.1) is 6.92 Å². The van der Waals surface area contributed by atoms with Crippen molar-refractivity contribution in [2.75, 3.05) is 7.11 Å². The fourth-order valence-electron chi connectivity index (χ4n) is 1.79. The maximum absolute atomic E-state index is 12.4. The molecule has 2 aromatic carbocycles. The molecule has 98 valence electrons. The summed E-state index contributed by atoms with van der Waals surface area (Å²) in [6.45, 7) is 2.00. The topological polar surface area (TPSA) is 26.3 Å². The molecule has 0 saturated heterocycles. The van der Waals surface area contributed by atoms with Crippen molar-refractivity contribution in [3.8, 4) is 5.75 Å². The molecule has 5 heteroatoms. The van der Waals surface area contributed by atoms with Gasteiger partial charge in [0.1, 0.15) is 5.75 Å². The number of ether oxygens (including phenoxy) is 1. The quantitative estimate of drug-likeness (QED) is 0.617. The van der Waals surface area contributed by atoms with Crippen LogP contribution >= 0.6 is 20.2 Å². The molecule has 0 bridgehead atoms. The Kier molecular flexibility index (Phi) is 6.79. The zero-order chi connectivity index (χ0) is 13.8. The number of carbonyl (C=O) groups excluding carboxylic acids is 1. The van der Waals surface area contributed by atoms with Gasteiger partial charge in [-0.15, -0.1) is 0 Å². The molecule has 0 aliphatic heterocycles. The third-order valence-corrected chi connectivity index (χ3v) is 4.44. The molecular formula is C15H14ClLiO2P+. The number of methoxy groups -OCH3 is 1. The van der Waals surface area contributed by atoms with Gasteiger partial charge < -0.3 is 4.74 Å². The first-order chi connectivity index (χ1) is 9.13. The van der Waals surface area contributed by atoms with Crippen molar-refractivity contribution in [2.24, 2.45) is 0 Å². The van der Waals surface area contributed by atoms with Gasteiger partial charge in [0.2, 0.25) is 0 Å². The van der Waals surface area contributed by atoms with Crippen LogP contribution in [0.1, 0.15) is 15.9 Å². The van der Waals surface area contributed by atoms with Crippen molar-refractivity contribution in [1.29, 1.82) is 0 Å². The molecule has 2 aromatic rings. The molecule has 2 rings (SSSR count). The van der Waals surface area contributed by atoms with Crippen molar-refractivity contribution in [3.05, 3.63) is 58.6 Å². The van der Waals surface area contributed by atoms with Gasteiger partial charge in [0.15, 0.2) is 5.52 Å². The van der Waals surface area contributed by atoms with Crippen molar-refractivity contribution in [3.63, 3.8) is 0 Å². The van der Waals surface area contributed by atoms with Gasteiger partial charge in [0.25, 0.3) is 0 Å². The van der Waals surface area contributed by atoms with Crippen LogP contribution in [-0.4, -0.2) is 12.6 Å². The maximum atomic E-state index is 12.4. The second-order valence-electron chi connectivity index (χ2n) is 4.09. The molecule has 0 radical (unpaired) electrons. The van der Waals surface area contributed by atoms with Crippen LogP contribution in [0.15, 0.2) is 42.5 Å². The maximum Gasteiger partial charge on any atom is 1.00 e. The molecule has 2 nitrogen and oxygen atoms in total. The van der Waals surface area contributed by atoms with Crippen LogP contribution in [0.3, 0.4) is 0 Å². The third-order valence-electron chi connectivity index (χ3n) is 2.82. The van der Waals surface area contributed by atoms with Gasteiger partial charge in [-0.3, -0.25) is 4.79 Å². The number of carbonyl (C=O) groups is 1. The normalized spacial score (nSPS) is 10.3. The van der Waals surface area contributed by atoms with Crippen LogP contribution in [0.4, 0.5) is 0 Å². The molecule has 20 heavy (non-hydrogen) atoms. The summed E-state index contributed by atoms with van der Waals surface area (Å²) in [5.74, 6) is 0.526. The minimum absolute atomic E-state index is 0. The number of halogens is 1. The second kappa shape index (κ2) is 7.86. The van der Waals surface area contributed by atoms with Gasteiger partial charge in [-0.1, -0.05) is 41.9 Å². The number of aryl methyl sites for hydroxylation is 1. The Labute approximate surface area is 137 Å². The van der Waals surface area contributed by atoms with E-state index in [4.69, 9.17) is 16.3 Å². The van der Waals surface area contributed by atoms with E-state index in [0.29, 0.717) is 16.3 Å². The summed E-state index contributed by atoms with van der Waals surface area (Å²) in [5, 5.41) is 1.47. The average molecular weight is 300 g/mol. The molecule has 0 amide bonds. The van der Waals surface area contributed by atoms with Crippen molar-refractivity contribution in [2.45, 2.75) is 6.92 Å². The standard InChI is InChI=1S/C15H14ClO2P.Li/c1-10-6-3-4-9-13(10)19-15(17)14-11(16)7-5-8-12(14)18-2;/h3-9,19H,1-2H3;/q;+1. The first-order valence-corrected chi connectivity index (χ1v) is 7.20. The van der Waals surface area contributed by atoms with Crippen LogP contribution in [0.25, 0.3) is 0 Å². The first-order valence-electron chi connectivity index (χ1n) is 5.83. The van der Waals surface area contributed by atoms with E-state index in [0.717, 1.165) is 10.9 Å². The van der Waals surface area contributed by atoms with Crippen LogP contribution in [-0.2, 0) is 0 Å². The van der Waals surface area contributed by atoms with E-state index in [-0.39, 0.29) is 33.0 Å². The summed E-state index contributed by atoms with van der Waals surface area (Å²) in [7, 11) is 1.59. The van der Waals surface area contributed by atoms with Gasteiger partial charge >= 0.3 is 18.9 Å². The Balaban J connectivity index is 0.00000200. The van der Waals surface area contributed by atoms with E-state index in [9.17, 15) is 4.79 Å². The minimum atomic E-state index is -0.00301. The van der Waals surface area contributed by atoms with E-state index >= 15 is 0 Å². The molecule has 0 aliphatic rings. The smallest absolute Gasteiger partial charge is 0.496 e. The summed E-state index contributed by atoms with van der Waals surface area (Å²) in [6, 6.07) is 13.1. The number of rotatable bonds is 4. The van der Waals surface area contributed by atoms with Gasteiger partial charge in [0, 0.05) is 0 Å². The van der Waals surface area contributed by atoms with Gasteiger partial charge in [-0.2, -0.15) is 0 Å². The summed E-state index contributed by atoms with van der Waals surface area (Å²) in [6.07, 6.45) is 0. The number of hydrogen-bond donors (Lipinski definition) is 0. The van der Waals surface area contributed by atoms with Crippen LogP contribution < -0.4 is 28.9 Å². The molecule has 0 aliphatic carbocycles. The van der Waals surface area contributed by atoms with E-state index < -0.39 is 0 Å². The third kappa shape index (κ3) is 3.87. The number of hydrogen-bond acceptors (Lipinski definition) is 2. The fourth-order valence-corrected chi connectivity index (χ4v) is 3.21. The van der Waals surface area contributed by atoms with Crippen LogP contribution in [0.2, 0.25) is 5.02 Å². The Morgan fingerprint density at radius 1 is 1.15 bits per heavy atom. The molecule has 1 atom stereocenters. The molecule has 0 fully saturated rings. The first kappa shape index (κ1) is 17.3. The predicted molar refractivity (Wildman–Crippen MR) is 81.5 cm³/mol. The summed E-state index contributed by atoms with van der Waals surface area (Å²) < 4.78 is 5.21. The Morgan fingerprint density at radius 2 is 1.85 bits per heavy atom. The fraction of sp³-hybridized carbons (Fsp3) is 0.133. The Morgan fingerprint density at radius 3 is 2.50 bits per heavy atom. The zero-order valence-electron chi connectivity index (χ0n) is 11.7. The molecule has 0 aromatic heterocycles. The molecule has 0 N–H and O–H groups in total. The SMILES string of the molecule is COc1cccc(Cl)c1C(=O)Pc1ccccc1C.[Li+]. The van der Waals surface area contributed by atoms with E-state index in [1.54, 1.807) is 25.3 Å². The predicted octanol–water partition coefficient (Wildman–Crippen LogP) is 0.805. The Hall–Kier alpha value is -0.773. The Bertz CT molecular complexity index is 617. The van der Waals surface area contributed by atoms with Crippen LogP contribution in [0.5, 0.6) is 5.75 Å². The van der Waals surface area contributed by atoms with E-state index in [2.05, 4.69) is 0 Å². The average Bonchev–Trinajstić information content (AvgIpc) is 2.40. The second-order valence-corrected chi connectivity index (χ2v) is 5.74. The molecule has 1 unspecified atom stereocenters. The summed E-state index contributed by atoms with van der Waals surface area (Å²) in [4.78, 5) is 12.4. The van der Waals surface area contributed by atoms with Crippen molar-refractivity contribution >= 4 is 31.0 Å². The van der Waals surface area contributed by atoms with E-state index in [1.807, 2.05) is 31.2 Å². The minimum Gasteiger partial charge on any atom is -0.496 e. The molecule has 0 heterocycles. The zero-order valence-corrected chi connectivity index (χ0v) is 13.5. The summed E-state index contributed by atoms with van der Waals surface area (Å²) >= 11 is 6.11. The van der Waals surface area contributed by atoms with Crippen molar-refractivity contribution < 1.29 is 28.4 Å². The van der Waals surface area contributed by atoms with E-state index in [1.165, 1.54) is 0 Å². The van der Waals surface area contributed by atoms with Gasteiger partial charge in [-0.25, -0.2) is 0 Å². The number of benzene rings is 2.